The van der Waals surface area contributed by atoms with Gasteiger partial charge in [-0.3, -0.25) is 0 Å². The normalized spacial score (nSPS) is 12.8. The molecule has 0 aliphatic rings. The molecule has 1 aromatic heterocycles. The molecule has 0 aliphatic heterocycles. The molecule has 1 N–H and O–H groups in total. The lowest BCUT2D eigenvalue weighted by molar-refractivity contribution is 0.0232. The maximum atomic E-state index is 5.76. The van der Waals surface area contributed by atoms with Gasteiger partial charge < -0.3 is 10.1 Å². The van der Waals surface area contributed by atoms with E-state index in [1.165, 1.54) is 0 Å². The van der Waals surface area contributed by atoms with E-state index < -0.39 is 0 Å². The fourth-order valence-electron chi connectivity index (χ4n) is 1.86. The molecule has 1 rings (SSSR count). The van der Waals surface area contributed by atoms with Gasteiger partial charge in [-0.2, -0.15) is 0 Å². The Bertz CT molecular complexity index is 391. The maximum Gasteiger partial charge on any atom is 0.160 e. The lowest BCUT2D eigenvalue weighted by Crippen LogP contribution is -2.17. The van der Waals surface area contributed by atoms with Crippen molar-refractivity contribution in [3.8, 4) is 0 Å². The summed E-state index contributed by atoms with van der Waals surface area (Å²) in [6.07, 6.45) is -0.0355. The van der Waals surface area contributed by atoms with E-state index in [0.717, 1.165) is 29.4 Å². The second-order valence-electron chi connectivity index (χ2n) is 4.79. The molecular formula is C14H25N3O. The summed E-state index contributed by atoms with van der Waals surface area (Å²) in [6.45, 7) is 13.9. The molecule has 18 heavy (non-hydrogen) atoms. The minimum absolute atomic E-state index is 0.0355. The molecule has 0 amide bonds. The van der Waals surface area contributed by atoms with E-state index in [4.69, 9.17) is 4.74 Å². The second kappa shape index (κ2) is 6.69. The molecule has 4 nitrogen and oxygen atoms in total. The summed E-state index contributed by atoms with van der Waals surface area (Å²) in [5, 5.41) is 3.29. The molecule has 0 fully saturated rings. The van der Waals surface area contributed by atoms with E-state index >= 15 is 0 Å². The summed E-state index contributed by atoms with van der Waals surface area (Å²) in [4.78, 5) is 9.20. The van der Waals surface area contributed by atoms with Crippen molar-refractivity contribution in [2.24, 2.45) is 5.92 Å². The van der Waals surface area contributed by atoms with Crippen molar-refractivity contribution in [1.29, 1.82) is 0 Å². The molecule has 1 unspecified atom stereocenters. The largest absolute Gasteiger partial charge is 0.370 e. The van der Waals surface area contributed by atoms with Gasteiger partial charge in [-0.15, -0.1) is 0 Å². The Morgan fingerprint density at radius 3 is 2.33 bits per heavy atom. The lowest BCUT2D eigenvalue weighted by Gasteiger charge is -2.21. The molecule has 4 heteroatoms. The van der Waals surface area contributed by atoms with Crippen LogP contribution in [-0.4, -0.2) is 23.1 Å². The third kappa shape index (κ3) is 3.42. The smallest absolute Gasteiger partial charge is 0.160 e. The van der Waals surface area contributed by atoms with E-state index in [1.54, 1.807) is 0 Å². The molecule has 0 radical (unpaired) electrons. The van der Waals surface area contributed by atoms with Crippen molar-refractivity contribution in [2.75, 3.05) is 18.5 Å². The quantitative estimate of drug-likeness (QED) is 0.843. The van der Waals surface area contributed by atoms with Crippen LogP contribution in [0.4, 0.5) is 5.82 Å². The Morgan fingerprint density at radius 1 is 1.17 bits per heavy atom. The highest BCUT2D eigenvalue weighted by Crippen LogP contribution is 2.25. The monoisotopic (exact) mass is 251 g/mol. The van der Waals surface area contributed by atoms with E-state index in [2.05, 4.69) is 36.1 Å². The summed E-state index contributed by atoms with van der Waals surface area (Å²) in [5.41, 5.74) is 2.13. The minimum atomic E-state index is -0.0355. The number of nitrogens with one attached hydrogen (secondary N) is 1. The zero-order valence-electron chi connectivity index (χ0n) is 12.4. The summed E-state index contributed by atoms with van der Waals surface area (Å²) in [6, 6.07) is 0. The highest BCUT2D eigenvalue weighted by molar-refractivity contribution is 5.45. The summed E-state index contributed by atoms with van der Waals surface area (Å²) in [5.74, 6) is 2.07. The Hall–Kier alpha value is -1.16. The van der Waals surface area contributed by atoms with Crippen LogP contribution in [0.2, 0.25) is 0 Å². The van der Waals surface area contributed by atoms with Gasteiger partial charge in [-0.05, 0) is 33.6 Å². The third-order valence-electron chi connectivity index (χ3n) is 2.96. The fraction of sp³-hybridized carbons (Fsp3) is 0.714. The molecule has 1 atom stereocenters. The third-order valence-corrected chi connectivity index (χ3v) is 2.96. The molecule has 0 saturated heterocycles. The molecule has 0 saturated carbocycles. The van der Waals surface area contributed by atoms with Crippen molar-refractivity contribution in [3.63, 3.8) is 0 Å². The van der Waals surface area contributed by atoms with E-state index in [0.29, 0.717) is 12.5 Å². The van der Waals surface area contributed by atoms with Crippen LogP contribution in [-0.2, 0) is 4.74 Å². The molecule has 0 aliphatic carbocycles. The number of ether oxygens (including phenoxy) is 1. The van der Waals surface area contributed by atoms with Crippen LogP contribution >= 0.6 is 0 Å². The van der Waals surface area contributed by atoms with Gasteiger partial charge in [0, 0.05) is 24.4 Å². The highest BCUT2D eigenvalue weighted by Gasteiger charge is 2.21. The minimum Gasteiger partial charge on any atom is -0.370 e. The topological polar surface area (TPSA) is 47.0 Å². The van der Waals surface area contributed by atoms with E-state index in [9.17, 15) is 0 Å². The van der Waals surface area contributed by atoms with Crippen molar-refractivity contribution in [1.82, 2.24) is 9.97 Å². The number of hydrogen-bond donors (Lipinski definition) is 1. The van der Waals surface area contributed by atoms with E-state index in [-0.39, 0.29) is 6.10 Å². The average molecular weight is 251 g/mol. The van der Waals surface area contributed by atoms with Gasteiger partial charge >= 0.3 is 0 Å². The van der Waals surface area contributed by atoms with Crippen LogP contribution in [0.25, 0.3) is 0 Å². The van der Waals surface area contributed by atoms with Gasteiger partial charge in [0.15, 0.2) is 5.82 Å². The van der Waals surface area contributed by atoms with Crippen LogP contribution in [0.15, 0.2) is 0 Å². The Labute approximate surface area is 110 Å². The SMILES string of the molecule is CCNc1nc(C(OCC)C(C)C)nc(C)c1C. The summed E-state index contributed by atoms with van der Waals surface area (Å²) >= 11 is 0. The lowest BCUT2D eigenvalue weighted by atomic mass is 10.1. The number of anilines is 1. The van der Waals surface area contributed by atoms with Gasteiger partial charge in [-0.25, -0.2) is 9.97 Å². The highest BCUT2D eigenvalue weighted by atomic mass is 16.5. The van der Waals surface area contributed by atoms with Crippen molar-refractivity contribution < 1.29 is 4.74 Å². The van der Waals surface area contributed by atoms with E-state index in [1.807, 2.05) is 20.8 Å². The molecule has 0 spiro atoms. The fourth-order valence-corrected chi connectivity index (χ4v) is 1.86. The molecule has 1 heterocycles. The number of aryl methyl sites for hydroxylation is 1. The molecule has 0 bridgehead atoms. The van der Waals surface area contributed by atoms with Crippen molar-refractivity contribution in [3.05, 3.63) is 17.1 Å². The predicted octanol–water partition coefficient (Wildman–Crippen LogP) is 3.26. The first-order valence-electron chi connectivity index (χ1n) is 6.71. The Kier molecular flexibility index (Phi) is 5.54. The first-order chi connectivity index (χ1) is 8.51. The van der Waals surface area contributed by atoms with Crippen molar-refractivity contribution in [2.45, 2.75) is 47.6 Å². The first kappa shape index (κ1) is 14.9. The number of hydrogen-bond acceptors (Lipinski definition) is 4. The maximum absolute atomic E-state index is 5.76. The second-order valence-corrected chi connectivity index (χ2v) is 4.79. The predicted molar refractivity (Wildman–Crippen MR) is 74.9 cm³/mol. The van der Waals surface area contributed by atoms with Gasteiger partial charge in [0.1, 0.15) is 11.9 Å². The van der Waals surface area contributed by atoms with Gasteiger partial charge in [-0.1, -0.05) is 13.8 Å². The van der Waals surface area contributed by atoms with Gasteiger partial charge in [0.25, 0.3) is 0 Å². The van der Waals surface area contributed by atoms with Gasteiger partial charge in [0.2, 0.25) is 0 Å². The van der Waals surface area contributed by atoms with Crippen LogP contribution < -0.4 is 5.32 Å². The van der Waals surface area contributed by atoms with Crippen LogP contribution in [0, 0.1) is 19.8 Å². The molecule has 0 aromatic carbocycles. The standard InChI is InChI=1S/C14H25N3O/c1-7-15-13-10(5)11(6)16-14(17-13)12(9(3)4)18-8-2/h9,12H,7-8H2,1-6H3,(H,15,16,17). The number of aromatic nitrogens is 2. The zero-order chi connectivity index (χ0) is 13.7. The molecular weight excluding hydrogens is 226 g/mol. The zero-order valence-corrected chi connectivity index (χ0v) is 12.4. The number of nitrogens with zero attached hydrogens (tertiary/aromatic N) is 2. The Morgan fingerprint density at radius 2 is 1.83 bits per heavy atom. The molecule has 102 valence electrons. The summed E-state index contributed by atoms with van der Waals surface area (Å²) in [7, 11) is 0. The van der Waals surface area contributed by atoms with Crippen LogP contribution in [0.1, 0.15) is 50.9 Å². The summed E-state index contributed by atoms with van der Waals surface area (Å²) < 4.78 is 5.76. The van der Waals surface area contributed by atoms with Crippen molar-refractivity contribution >= 4 is 5.82 Å². The Balaban J connectivity index is 3.14. The van der Waals surface area contributed by atoms with Crippen LogP contribution in [0.3, 0.4) is 0 Å². The molecule has 1 aromatic rings. The first-order valence-corrected chi connectivity index (χ1v) is 6.71. The van der Waals surface area contributed by atoms with Gasteiger partial charge in [0.05, 0.1) is 0 Å². The van der Waals surface area contributed by atoms with Crippen LogP contribution in [0.5, 0.6) is 0 Å². The average Bonchev–Trinajstić information content (AvgIpc) is 2.31. The number of rotatable bonds is 6.